The van der Waals surface area contributed by atoms with Crippen molar-refractivity contribution in [3.05, 3.63) is 130 Å². The zero-order valence-electron chi connectivity index (χ0n) is 22.3. The smallest absolute Gasteiger partial charge is 0.307 e. The Morgan fingerprint density at radius 1 is 0.878 bits per heavy atom. The lowest BCUT2D eigenvalue weighted by Gasteiger charge is -2.15. The van der Waals surface area contributed by atoms with E-state index in [1.54, 1.807) is 48.5 Å². The first-order chi connectivity index (χ1) is 19.7. The van der Waals surface area contributed by atoms with Gasteiger partial charge in [0, 0.05) is 16.1 Å². The fraction of sp³-hybridized carbons (Fsp3) is 0.152. The number of benzene rings is 4. The number of fused-ring (bicyclic) bond motifs is 1. The van der Waals surface area contributed by atoms with Gasteiger partial charge in [-0.2, -0.15) is 0 Å². The molecule has 0 aliphatic heterocycles. The Hall–Kier alpha value is -4.62. The number of halogens is 2. The monoisotopic (exact) mass is 567 g/mol. The molecule has 1 aromatic heterocycles. The summed E-state index contributed by atoms with van der Waals surface area (Å²) in [7, 11) is 0. The van der Waals surface area contributed by atoms with E-state index < -0.39 is 5.97 Å². The van der Waals surface area contributed by atoms with E-state index in [2.05, 4.69) is 5.32 Å². The van der Waals surface area contributed by atoms with Crippen molar-refractivity contribution >= 4 is 34.5 Å². The molecule has 1 amide bonds. The van der Waals surface area contributed by atoms with Gasteiger partial charge in [-0.1, -0.05) is 60.1 Å². The second-order valence-corrected chi connectivity index (χ2v) is 10.3. The number of hydrogen-bond donors (Lipinski definition) is 2. The van der Waals surface area contributed by atoms with E-state index in [9.17, 15) is 14.0 Å². The van der Waals surface area contributed by atoms with Crippen LogP contribution in [0.2, 0.25) is 5.02 Å². The van der Waals surface area contributed by atoms with Crippen LogP contribution in [0.15, 0.2) is 91.0 Å². The van der Waals surface area contributed by atoms with E-state index in [1.165, 1.54) is 12.1 Å². The Balaban J connectivity index is 1.45. The van der Waals surface area contributed by atoms with Crippen LogP contribution in [-0.4, -0.2) is 27.0 Å². The molecule has 0 aliphatic carbocycles. The van der Waals surface area contributed by atoms with Crippen molar-refractivity contribution in [3.63, 3.8) is 0 Å². The predicted octanol–water partition coefficient (Wildman–Crippen LogP) is 6.99. The molecular formula is C33H27ClFN3O3. The maximum absolute atomic E-state index is 13.3. The fourth-order valence-electron chi connectivity index (χ4n) is 4.69. The highest BCUT2D eigenvalue weighted by atomic mass is 35.5. The standard InChI is InChI=1S/C33H27ClFN3O3/c1-20(23-8-13-27(35)14-9-23)36-33(41)25-10-16-28-30(19-25)37-29(32(38-28)24-6-11-26(34)12-7-24)15-5-21-3-2-4-22(17-21)18-31(39)40/h2-4,6-14,16-17,19-20H,5,15,18H2,1H3,(H,36,41)(H,39,40)/t20-/m1/s1. The Morgan fingerprint density at radius 3 is 2.34 bits per heavy atom. The highest BCUT2D eigenvalue weighted by Crippen LogP contribution is 2.27. The molecule has 0 bridgehead atoms. The van der Waals surface area contributed by atoms with Crippen LogP contribution in [0.4, 0.5) is 4.39 Å². The van der Waals surface area contributed by atoms with Crippen molar-refractivity contribution < 1.29 is 19.1 Å². The zero-order chi connectivity index (χ0) is 28.9. The molecule has 5 aromatic rings. The summed E-state index contributed by atoms with van der Waals surface area (Å²) >= 11 is 6.12. The Kier molecular flexibility index (Phi) is 8.36. The second kappa shape index (κ2) is 12.3. The number of carbonyl (C=O) groups is 2. The van der Waals surface area contributed by atoms with Crippen LogP contribution in [0, 0.1) is 5.82 Å². The molecule has 4 aromatic carbocycles. The lowest BCUT2D eigenvalue weighted by molar-refractivity contribution is -0.136. The number of aromatic nitrogens is 2. The van der Waals surface area contributed by atoms with Gasteiger partial charge in [0.05, 0.1) is 34.9 Å². The quantitative estimate of drug-likeness (QED) is 0.200. The van der Waals surface area contributed by atoms with E-state index in [0.29, 0.717) is 34.5 Å². The summed E-state index contributed by atoms with van der Waals surface area (Å²) in [4.78, 5) is 34.1. The van der Waals surface area contributed by atoms with Gasteiger partial charge in [-0.05, 0) is 78.9 Å². The lowest BCUT2D eigenvalue weighted by atomic mass is 10.0. The number of carbonyl (C=O) groups excluding carboxylic acids is 1. The maximum atomic E-state index is 13.3. The first kappa shape index (κ1) is 27.9. The molecule has 5 rings (SSSR count). The first-order valence-corrected chi connectivity index (χ1v) is 13.6. The number of hydrogen-bond acceptors (Lipinski definition) is 4. The number of carboxylic acid groups (broad SMARTS) is 1. The van der Waals surface area contributed by atoms with Crippen LogP contribution in [0.25, 0.3) is 22.3 Å². The summed E-state index contributed by atoms with van der Waals surface area (Å²) in [6.45, 7) is 1.84. The number of nitrogens with one attached hydrogen (secondary N) is 1. The molecule has 0 unspecified atom stereocenters. The molecule has 0 saturated carbocycles. The molecule has 8 heteroatoms. The number of carboxylic acids is 1. The van der Waals surface area contributed by atoms with Gasteiger partial charge in [0.1, 0.15) is 5.82 Å². The minimum absolute atomic E-state index is 0.0374. The third-order valence-corrected chi connectivity index (χ3v) is 7.08. The van der Waals surface area contributed by atoms with Gasteiger partial charge in [-0.3, -0.25) is 9.59 Å². The minimum Gasteiger partial charge on any atom is -0.481 e. The summed E-state index contributed by atoms with van der Waals surface area (Å²) in [5.41, 5.74) is 6.53. The molecule has 1 atom stereocenters. The Labute approximate surface area is 241 Å². The summed E-state index contributed by atoms with van der Waals surface area (Å²) in [6.07, 6.45) is 1.14. The SMILES string of the molecule is C[C@@H](NC(=O)c1ccc2nc(-c3ccc(Cl)cc3)c(CCc3cccc(CC(=O)O)c3)nc2c1)c1ccc(F)cc1. The topological polar surface area (TPSA) is 92.2 Å². The lowest BCUT2D eigenvalue weighted by Crippen LogP contribution is -2.26. The van der Waals surface area contributed by atoms with E-state index in [4.69, 9.17) is 26.7 Å². The molecule has 0 radical (unpaired) electrons. The van der Waals surface area contributed by atoms with Crippen LogP contribution in [-0.2, 0) is 24.1 Å². The number of nitrogens with zero attached hydrogens (tertiary/aromatic N) is 2. The molecule has 206 valence electrons. The van der Waals surface area contributed by atoms with Crippen LogP contribution < -0.4 is 5.32 Å². The fourth-order valence-corrected chi connectivity index (χ4v) is 4.82. The highest BCUT2D eigenvalue weighted by Gasteiger charge is 2.16. The van der Waals surface area contributed by atoms with Crippen LogP contribution >= 0.6 is 11.6 Å². The zero-order valence-corrected chi connectivity index (χ0v) is 23.0. The van der Waals surface area contributed by atoms with Crippen LogP contribution in [0.3, 0.4) is 0 Å². The van der Waals surface area contributed by atoms with Crippen molar-refractivity contribution in [2.24, 2.45) is 0 Å². The average molecular weight is 568 g/mol. The molecule has 1 heterocycles. The predicted molar refractivity (Wildman–Crippen MR) is 157 cm³/mol. The molecule has 2 N–H and O–H groups in total. The number of amides is 1. The van der Waals surface area contributed by atoms with Gasteiger partial charge < -0.3 is 10.4 Å². The Morgan fingerprint density at radius 2 is 1.61 bits per heavy atom. The second-order valence-electron chi connectivity index (χ2n) is 9.87. The number of aryl methyl sites for hydroxylation is 2. The molecule has 0 saturated heterocycles. The normalized spacial score (nSPS) is 11.8. The van der Waals surface area contributed by atoms with Gasteiger partial charge in [-0.15, -0.1) is 0 Å². The van der Waals surface area contributed by atoms with E-state index in [-0.39, 0.29) is 24.2 Å². The first-order valence-electron chi connectivity index (χ1n) is 13.2. The number of aliphatic carboxylic acids is 1. The molecule has 0 aliphatic rings. The highest BCUT2D eigenvalue weighted by molar-refractivity contribution is 6.30. The molecule has 41 heavy (non-hydrogen) atoms. The maximum Gasteiger partial charge on any atom is 0.307 e. The summed E-state index contributed by atoms with van der Waals surface area (Å²) in [6, 6.07) is 25.8. The van der Waals surface area contributed by atoms with Crippen molar-refractivity contribution in [1.82, 2.24) is 15.3 Å². The van der Waals surface area contributed by atoms with E-state index in [1.807, 2.05) is 37.3 Å². The summed E-state index contributed by atoms with van der Waals surface area (Å²) in [5, 5.41) is 12.7. The van der Waals surface area contributed by atoms with Gasteiger partial charge in [0.2, 0.25) is 0 Å². The van der Waals surface area contributed by atoms with Crippen molar-refractivity contribution in [2.75, 3.05) is 0 Å². The summed E-state index contributed by atoms with van der Waals surface area (Å²) < 4.78 is 13.3. The van der Waals surface area contributed by atoms with Crippen LogP contribution in [0.5, 0.6) is 0 Å². The third-order valence-electron chi connectivity index (χ3n) is 6.83. The molecular weight excluding hydrogens is 541 g/mol. The van der Waals surface area contributed by atoms with Gasteiger partial charge >= 0.3 is 5.97 Å². The van der Waals surface area contributed by atoms with Crippen molar-refractivity contribution in [2.45, 2.75) is 32.2 Å². The molecule has 6 nitrogen and oxygen atoms in total. The van der Waals surface area contributed by atoms with E-state index in [0.717, 1.165) is 33.6 Å². The Bertz CT molecular complexity index is 1720. The van der Waals surface area contributed by atoms with Gasteiger partial charge in [0.25, 0.3) is 5.91 Å². The van der Waals surface area contributed by atoms with Crippen molar-refractivity contribution in [1.29, 1.82) is 0 Å². The van der Waals surface area contributed by atoms with Gasteiger partial charge in [-0.25, -0.2) is 14.4 Å². The van der Waals surface area contributed by atoms with Crippen LogP contribution in [0.1, 0.15) is 45.7 Å². The number of rotatable bonds is 9. The van der Waals surface area contributed by atoms with E-state index >= 15 is 0 Å². The summed E-state index contributed by atoms with van der Waals surface area (Å²) in [5.74, 6) is -1.48. The molecule has 0 spiro atoms. The minimum atomic E-state index is -0.875. The average Bonchev–Trinajstić information content (AvgIpc) is 2.96. The van der Waals surface area contributed by atoms with Gasteiger partial charge in [0.15, 0.2) is 0 Å². The largest absolute Gasteiger partial charge is 0.481 e. The molecule has 0 fully saturated rings. The van der Waals surface area contributed by atoms with Crippen molar-refractivity contribution in [3.8, 4) is 11.3 Å². The third kappa shape index (κ3) is 6.94.